The fourth-order valence-electron chi connectivity index (χ4n) is 2.87. The van der Waals surface area contributed by atoms with Crippen LogP contribution in [0, 0.1) is 6.92 Å². The Morgan fingerprint density at radius 3 is 2.46 bits per heavy atom. The van der Waals surface area contributed by atoms with E-state index in [9.17, 15) is 9.59 Å². The molecule has 1 aromatic carbocycles. The highest BCUT2D eigenvalue weighted by molar-refractivity contribution is 5.95. The fraction of sp³-hybridized carbons (Fsp3) is 0.300. The highest BCUT2D eigenvalue weighted by atomic mass is 16.5. The summed E-state index contributed by atoms with van der Waals surface area (Å²) in [5.74, 6) is 2.00. The summed E-state index contributed by atoms with van der Waals surface area (Å²) in [4.78, 5) is 28.4. The average molecular weight is 354 g/mol. The highest BCUT2D eigenvalue weighted by Crippen LogP contribution is 2.16. The number of benzene rings is 1. The molecule has 0 unspecified atom stereocenters. The third-order valence-corrected chi connectivity index (χ3v) is 4.35. The lowest BCUT2D eigenvalue weighted by atomic mass is 10.1. The quantitative estimate of drug-likeness (QED) is 0.792. The number of nitrogens with zero attached hydrogens (tertiary/aromatic N) is 2. The molecule has 1 aliphatic heterocycles. The van der Waals surface area contributed by atoms with E-state index in [1.165, 1.54) is 6.08 Å². The topological polar surface area (TPSA) is 63.0 Å². The van der Waals surface area contributed by atoms with Crippen molar-refractivity contribution in [2.75, 3.05) is 33.3 Å². The first-order chi connectivity index (χ1) is 12.6. The number of aryl methyl sites for hydroxylation is 1. The van der Waals surface area contributed by atoms with E-state index in [-0.39, 0.29) is 11.8 Å². The van der Waals surface area contributed by atoms with E-state index < -0.39 is 0 Å². The van der Waals surface area contributed by atoms with Crippen LogP contribution in [0.2, 0.25) is 0 Å². The molecule has 0 spiro atoms. The zero-order chi connectivity index (χ0) is 18.5. The Balaban J connectivity index is 1.55. The van der Waals surface area contributed by atoms with E-state index in [4.69, 9.17) is 9.15 Å². The van der Waals surface area contributed by atoms with E-state index in [2.05, 4.69) is 0 Å². The predicted molar refractivity (Wildman–Crippen MR) is 98.0 cm³/mol. The number of amides is 2. The SMILES string of the molecule is COc1cccc(C(=O)N2CCN(C(=O)/C=C/c3ccc(C)o3)CC2)c1. The summed E-state index contributed by atoms with van der Waals surface area (Å²) in [5, 5.41) is 0. The van der Waals surface area contributed by atoms with Crippen molar-refractivity contribution in [3.05, 3.63) is 59.6 Å². The number of ether oxygens (including phenoxy) is 1. The molecule has 0 radical (unpaired) electrons. The number of furan rings is 1. The summed E-state index contributed by atoms with van der Waals surface area (Å²) in [7, 11) is 1.57. The maximum absolute atomic E-state index is 12.6. The number of piperazine rings is 1. The van der Waals surface area contributed by atoms with Crippen LogP contribution in [-0.2, 0) is 4.79 Å². The van der Waals surface area contributed by atoms with Crippen LogP contribution in [0.1, 0.15) is 21.9 Å². The van der Waals surface area contributed by atoms with E-state index in [1.54, 1.807) is 47.3 Å². The standard InChI is InChI=1S/C20H22N2O4/c1-15-6-7-17(26-15)8-9-19(23)21-10-12-22(13-11-21)20(24)16-4-3-5-18(14-16)25-2/h3-9,14H,10-13H2,1-2H3/b9-8+. The second-order valence-corrected chi connectivity index (χ2v) is 6.13. The van der Waals surface area contributed by atoms with E-state index in [0.29, 0.717) is 43.3 Å². The van der Waals surface area contributed by atoms with Crippen LogP contribution in [0.3, 0.4) is 0 Å². The number of rotatable bonds is 4. The lowest BCUT2D eigenvalue weighted by Crippen LogP contribution is -2.50. The van der Waals surface area contributed by atoms with Crippen LogP contribution >= 0.6 is 0 Å². The van der Waals surface area contributed by atoms with Gasteiger partial charge in [-0.2, -0.15) is 0 Å². The van der Waals surface area contributed by atoms with Gasteiger partial charge in [0.2, 0.25) is 5.91 Å². The van der Waals surface area contributed by atoms with Gasteiger partial charge in [-0.3, -0.25) is 9.59 Å². The second-order valence-electron chi connectivity index (χ2n) is 6.13. The number of methoxy groups -OCH3 is 1. The maximum atomic E-state index is 12.6. The smallest absolute Gasteiger partial charge is 0.254 e. The maximum Gasteiger partial charge on any atom is 0.254 e. The molecule has 0 N–H and O–H groups in total. The van der Waals surface area contributed by atoms with Crippen LogP contribution < -0.4 is 4.74 Å². The summed E-state index contributed by atoms with van der Waals surface area (Å²) in [6.45, 7) is 3.90. The van der Waals surface area contributed by atoms with Gasteiger partial charge in [0.25, 0.3) is 5.91 Å². The number of carbonyl (C=O) groups excluding carboxylic acids is 2. The molecular formula is C20H22N2O4. The fourth-order valence-corrected chi connectivity index (χ4v) is 2.87. The van der Waals surface area contributed by atoms with Crippen LogP contribution in [0.15, 0.2) is 46.9 Å². The molecule has 0 aliphatic carbocycles. The van der Waals surface area contributed by atoms with E-state index in [1.807, 2.05) is 19.1 Å². The lowest BCUT2D eigenvalue weighted by Gasteiger charge is -2.34. The molecule has 136 valence electrons. The van der Waals surface area contributed by atoms with Gasteiger partial charge < -0.3 is 19.0 Å². The third-order valence-electron chi connectivity index (χ3n) is 4.35. The zero-order valence-corrected chi connectivity index (χ0v) is 15.0. The molecule has 6 nitrogen and oxygen atoms in total. The lowest BCUT2D eigenvalue weighted by molar-refractivity contribution is -0.127. The Morgan fingerprint density at radius 1 is 1.08 bits per heavy atom. The number of carbonyl (C=O) groups is 2. The van der Waals surface area contributed by atoms with Gasteiger partial charge in [-0.1, -0.05) is 6.07 Å². The number of hydrogen-bond donors (Lipinski definition) is 0. The van der Waals surface area contributed by atoms with Crippen molar-refractivity contribution in [1.29, 1.82) is 0 Å². The Labute approximate surface area is 152 Å². The Morgan fingerprint density at radius 2 is 1.81 bits per heavy atom. The second kappa shape index (κ2) is 7.91. The van der Waals surface area contributed by atoms with Gasteiger partial charge in [-0.15, -0.1) is 0 Å². The van der Waals surface area contributed by atoms with Crippen LogP contribution in [0.4, 0.5) is 0 Å². The molecule has 1 aliphatic rings. The first kappa shape index (κ1) is 17.8. The van der Waals surface area contributed by atoms with Gasteiger partial charge in [0.1, 0.15) is 17.3 Å². The molecule has 26 heavy (non-hydrogen) atoms. The summed E-state index contributed by atoms with van der Waals surface area (Å²) in [6.07, 6.45) is 3.18. The van der Waals surface area contributed by atoms with Crippen molar-refractivity contribution in [2.45, 2.75) is 6.92 Å². The van der Waals surface area contributed by atoms with E-state index >= 15 is 0 Å². The normalized spacial score (nSPS) is 14.7. The average Bonchev–Trinajstić information content (AvgIpc) is 3.11. The zero-order valence-electron chi connectivity index (χ0n) is 15.0. The van der Waals surface area contributed by atoms with Gasteiger partial charge in [-0.25, -0.2) is 0 Å². The van der Waals surface area contributed by atoms with Gasteiger partial charge >= 0.3 is 0 Å². The van der Waals surface area contributed by atoms with Crippen molar-refractivity contribution in [3.63, 3.8) is 0 Å². The van der Waals surface area contributed by atoms with E-state index in [0.717, 1.165) is 5.76 Å². The van der Waals surface area contributed by atoms with Crippen LogP contribution in [0.5, 0.6) is 5.75 Å². The molecule has 0 saturated carbocycles. The minimum atomic E-state index is -0.0764. The van der Waals surface area contributed by atoms with Gasteiger partial charge in [0, 0.05) is 37.8 Å². The Hall–Kier alpha value is -3.02. The van der Waals surface area contributed by atoms with Gasteiger partial charge in [0.05, 0.1) is 7.11 Å². The van der Waals surface area contributed by atoms with Gasteiger partial charge in [0.15, 0.2) is 0 Å². The molecule has 1 aromatic heterocycles. The molecule has 6 heteroatoms. The van der Waals surface area contributed by atoms with Crippen LogP contribution in [-0.4, -0.2) is 54.9 Å². The molecule has 0 bridgehead atoms. The Kier molecular flexibility index (Phi) is 5.41. The first-order valence-electron chi connectivity index (χ1n) is 8.53. The van der Waals surface area contributed by atoms with Crippen molar-refractivity contribution >= 4 is 17.9 Å². The molecule has 2 amide bonds. The minimum Gasteiger partial charge on any atom is -0.497 e. The molecule has 3 rings (SSSR count). The summed E-state index contributed by atoms with van der Waals surface area (Å²) >= 11 is 0. The molecule has 2 heterocycles. The largest absolute Gasteiger partial charge is 0.497 e. The molecule has 0 atom stereocenters. The summed E-state index contributed by atoms with van der Waals surface area (Å²) < 4.78 is 10.6. The monoisotopic (exact) mass is 354 g/mol. The molecule has 1 saturated heterocycles. The molecule has 1 fully saturated rings. The summed E-state index contributed by atoms with van der Waals surface area (Å²) in [5.41, 5.74) is 0.595. The minimum absolute atomic E-state index is 0.0439. The van der Waals surface area contributed by atoms with Crippen molar-refractivity contribution in [3.8, 4) is 5.75 Å². The molecule has 2 aromatic rings. The highest BCUT2D eigenvalue weighted by Gasteiger charge is 2.24. The van der Waals surface area contributed by atoms with Crippen LogP contribution in [0.25, 0.3) is 6.08 Å². The summed E-state index contributed by atoms with van der Waals surface area (Å²) in [6, 6.07) is 10.8. The molecular weight excluding hydrogens is 332 g/mol. The Bertz CT molecular complexity index is 817. The van der Waals surface area contributed by atoms with Crippen molar-refractivity contribution in [1.82, 2.24) is 9.80 Å². The number of hydrogen-bond acceptors (Lipinski definition) is 4. The van der Waals surface area contributed by atoms with Crippen molar-refractivity contribution < 1.29 is 18.7 Å². The van der Waals surface area contributed by atoms with Crippen molar-refractivity contribution in [2.24, 2.45) is 0 Å². The predicted octanol–water partition coefficient (Wildman–Crippen LogP) is 2.59. The third kappa shape index (κ3) is 4.14. The first-order valence-corrected chi connectivity index (χ1v) is 8.53. The van der Waals surface area contributed by atoms with Gasteiger partial charge in [-0.05, 0) is 43.3 Å².